The Morgan fingerprint density at radius 3 is 2.12 bits per heavy atom. The number of alkyl carbamates (subject to hydrolysis) is 2. The number of ketones is 1. The molecule has 1 heterocycles. The van der Waals surface area contributed by atoms with E-state index in [0.29, 0.717) is 23.7 Å². The Kier molecular flexibility index (Phi) is 22.8. The number of amides is 3. The predicted octanol–water partition coefficient (Wildman–Crippen LogP) is 12.2. The first-order chi connectivity index (χ1) is 47.2. The lowest BCUT2D eigenvalue weighted by molar-refractivity contribution is -0.347. The molecule has 8 aliphatic rings. The standard InChI is InChI=1S/C79H111N3O18/c1-45(2)23-22-24-46(3)54-31-32-55-53-30-29-51-41-52(35-37-75(51,11)56(53)36-38-76(54,55)12)95-71(89)81-40-39-80-60(84)33-34-61(85)97-65(63(49-25-18-16-19-26-49)82-72(90)100-73(6,7)8)70(88)96-57-43-79(91)68(98-69(87)50-27-20-17-21-28-50)66-77(13,67(86)64(93-15)62(47(57)4)74(79,9)10)58(92-14)42-59-78(66,44-94-59)99-48(5)83/h16-21,25-29,45-46,52-59,63-66,68,91H,22-24,30-44H2,1-15H3,(H,80,84)(H,81,89)(H,82,90). The Labute approximate surface area is 590 Å². The second kappa shape index (κ2) is 30.0. The highest BCUT2D eigenvalue weighted by atomic mass is 16.6. The Bertz CT molecular complexity index is 3420. The van der Waals surface area contributed by atoms with Gasteiger partial charge >= 0.3 is 36.1 Å². The van der Waals surface area contributed by atoms with Gasteiger partial charge in [-0.25, -0.2) is 19.2 Å². The van der Waals surface area contributed by atoms with Gasteiger partial charge < -0.3 is 63.7 Å². The molecular formula is C79H111N3O18. The summed E-state index contributed by atoms with van der Waals surface area (Å²) in [4.78, 5) is 115. The van der Waals surface area contributed by atoms with Gasteiger partial charge in [0.15, 0.2) is 11.4 Å². The monoisotopic (exact) mass is 1390 g/mol. The summed E-state index contributed by atoms with van der Waals surface area (Å²) in [6.45, 7) is 24.8. The summed E-state index contributed by atoms with van der Waals surface area (Å²) in [6, 6.07) is 14.7. The molecule has 0 aromatic heterocycles. The van der Waals surface area contributed by atoms with Crippen molar-refractivity contribution < 1.29 is 86.1 Å². The molecule has 100 heavy (non-hydrogen) atoms. The third-order valence-electron chi connectivity index (χ3n) is 25.1. The van der Waals surface area contributed by atoms with Crippen LogP contribution in [-0.4, -0.2) is 146 Å². The molecular weight excluding hydrogens is 1280 g/mol. The number of aliphatic hydroxyl groups is 1. The Balaban J connectivity index is 0.835. The van der Waals surface area contributed by atoms with E-state index in [0.717, 1.165) is 42.9 Å². The van der Waals surface area contributed by atoms with Gasteiger partial charge in [-0.3, -0.25) is 19.2 Å². The number of allylic oxidation sites excluding steroid dienone is 1. The van der Waals surface area contributed by atoms with Crippen molar-refractivity contribution in [1.29, 1.82) is 0 Å². The number of ether oxygens (including phenoxy) is 9. The minimum absolute atomic E-state index is 0.00965. The predicted molar refractivity (Wildman–Crippen MR) is 371 cm³/mol. The molecule has 5 saturated carbocycles. The van der Waals surface area contributed by atoms with Crippen molar-refractivity contribution in [3.63, 3.8) is 0 Å². The fourth-order valence-electron chi connectivity index (χ4n) is 20.0. The second-order valence-electron chi connectivity index (χ2n) is 32.8. The molecule has 1 aliphatic heterocycles. The molecule has 2 bridgehead atoms. The Morgan fingerprint density at radius 2 is 1.48 bits per heavy atom. The number of hydrogen-bond donors (Lipinski definition) is 4. The molecule has 2 aromatic carbocycles. The lowest BCUT2D eigenvalue weighted by Gasteiger charge is -2.67. The maximum Gasteiger partial charge on any atom is 0.408 e. The fourth-order valence-corrected chi connectivity index (χ4v) is 20.0. The van der Waals surface area contributed by atoms with Crippen LogP contribution in [0.2, 0.25) is 0 Å². The quantitative estimate of drug-likeness (QED) is 0.0348. The van der Waals surface area contributed by atoms with Gasteiger partial charge in [-0.15, -0.1) is 0 Å². The molecule has 550 valence electrons. The van der Waals surface area contributed by atoms with Crippen LogP contribution in [0.15, 0.2) is 83.5 Å². The van der Waals surface area contributed by atoms with Gasteiger partial charge in [-0.05, 0) is 155 Å². The number of hydrogen-bond acceptors (Lipinski definition) is 18. The normalized spacial score (nSPS) is 34.1. The molecule has 6 fully saturated rings. The van der Waals surface area contributed by atoms with E-state index in [1.54, 1.807) is 97.0 Å². The Morgan fingerprint density at radius 1 is 0.790 bits per heavy atom. The highest BCUT2D eigenvalue weighted by Gasteiger charge is 2.78. The highest BCUT2D eigenvalue weighted by molar-refractivity contribution is 5.94. The van der Waals surface area contributed by atoms with Crippen molar-refractivity contribution in [1.82, 2.24) is 16.0 Å². The third-order valence-corrected chi connectivity index (χ3v) is 25.1. The SMILES string of the molecule is COC1C(=O)C2(C)C(OC)CC3OCC3(OC(C)=O)C2C(OC(=O)c2ccccc2)C2(O)CC(OC(=O)C(OC(=O)CCC(=O)NCCNC(=O)OC3CCC4(C)C(=CCC5C4CCC4(C)C(C(C)CCCC(C)C)CCC54)C3)C(NC(=O)OC(C)(C)C)c3ccccc3)C(C)=C1C2(C)C. The zero-order valence-corrected chi connectivity index (χ0v) is 61.6. The summed E-state index contributed by atoms with van der Waals surface area (Å²) in [7, 11) is 2.75. The van der Waals surface area contributed by atoms with Crippen LogP contribution in [0, 0.1) is 63.1 Å². The maximum absolute atomic E-state index is 16.0. The molecule has 10 rings (SSSR count). The molecule has 21 nitrogen and oxygen atoms in total. The smallest absolute Gasteiger partial charge is 0.408 e. The van der Waals surface area contributed by atoms with Crippen molar-refractivity contribution in [2.24, 2.45) is 63.1 Å². The molecule has 0 radical (unpaired) electrons. The lowest BCUT2D eigenvalue weighted by Crippen LogP contribution is -2.82. The molecule has 0 spiro atoms. The second-order valence-corrected chi connectivity index (χ2v) is 32.8. The van der Waals surface area contributed by atoms with Crippen molar-refractivity contribution in [2.45, 2.75) is 252 Å². The summed E-state index contributed by atoms with van der Waals surface area (Å²) >= 11 is 0. The van der Waals surface area contributed by atoms with Crippen LogP contribution in [-0.2, 0) is 66.6 Å². The molecule has 21 heteroatoms. The maximum atomic E-state index is 16.0. The minimum Gasteiger partial charge on any atom is -0.455 e. The lowest BCUT2D eigenvalue weighted by atomic mass is 9.44. The van der Waals surface area contributed by atoms with Gasteiger partial charge in [0.25, 0.3) is 0 Å². The van der Waals surface area contributed by atoms with E-state index in [-0.39, 0.29) is 59.9 Å². The Hall–Kier alpha value is -6.68. The summed E-state index contributed by atoms with van der Waals surface area (Å²) in [5.74, 6) is -2.06. The van der Waals surface area contributed by atoms with Crippen LogP contribution in [0.3, 0.4) is 0 Å². The average Bonchev–Trinajstić information content (AvgIpc) is 0.775. The summed E-state index contributed by atoms with van der Waals surface area (Å²) < 4.78 is 55.7. The molecule has 3 amide bonds. The topological polar surface area (TPSA) is 276 Å². The van der Waals surface area contributed by atoms with Crippen LogP contribution in [0.5, 0.6) is 0 Å². The third kappa shape index (κ3) is 14.7. The number of esters is 4. The summed E-state index contributed by atoms with van der Waals surface area (Å²) in [5, 5.41) is 22.4. The van der Waals surface area contributed by atoms with Crippen LogP contribution < -0.4 is 16.0 Å². The summed E-state index contributed by atoms with van der Waals surface area (Å²) in [6.07, 6.45) is 3.27. The van der Waals surface area contributed by atoms with Crippen molar-refractivity contribution in [2.75, 3.05) is 33.9 Å². The molecule has 7 aliphatic carbocycles. The van der Waals surface area contributed by atoms with E-state index >= 15 is 9.59 Å². The van der Waals surface area contributed by atoms with Gasteiger partial charge in [-0.1, -0.05) is 128 Å². The number of Topliss-reactive ketones (excluding diaryl/α,β-unsaturated/α-hetero) is 1. The molecule has 19 atom stereocenters. The zero-order chi connectivity index (χ0) is 72.7. The van der Waals surface area contributed by atoms with Crippen molar-refractivity contribution >= 4 is 47.8 Å². The first kappa shape index (κ1) is 76.0. The van der Waals surface area contributed by atoms with E-state index in [2.05, 4.69) is 56.6 Å². The van der Waals surface area contributed by atoms with Crippen LogP contribution in [0.4, 0.5) is 9.59 Å². The number of methoxy groups -OCH3 is 2. The zero-order valence-electron chi connectivity index (χ0n) is 61.6. The van der Waals surface area contributed by atoms with Gasteiger partial charge in [0.1, 0.15) is 47.8 Å². The van der Waals surface area contributed by atoms with E-state index in [1.807, 2.05) is 0 Å². The van der Waals surface area contributed by atoms with E-state index in [4.69, 9.17) is 42.6 Å². The highest BCUT2D eigenvalue weighted by Crippen LogP contribution is 2.69. The van der Waals surface area contributed by atoms with Gasteiger partial charge in [0, 0.05) is 65.3 Å². The van der Waals surface area contributed by atoms with Gasteiger partial charge in [0.2, 0.25) is 12.0 Å². The number of benzene rings is 2. The van der Waals surface area contributed by atoms with Crippen LogP contribution in [0.25, 0.3) is 0 Å². The summed E-state index contributed by atoms with van der Waals surface area (Å²) in [5.41, 5.74) is -5.68. The van der Waals surface area contributed by atoms with Crippen LogP contribution >= 0.6 is 0 Å². The largest absolute Gasteiger partial charge is 0.455 e. The van der Waals surface area contributed by atoms with Crippen molar-refractivity contribution in [3.05, 3.63) is 94.6 Å². The number of rotatable bonds is 23. The first-order valence-corrected chi connectivity index (χ1v) is 36.6. The molecule has 4 N–H and O–H groups in total. The first-order valence-electron chi connectivity index (χ1n) is 36.6. The van der Waals surface area contributed by atoms with Crippen LogP contribution in [0.1, 0.15) is 208 Å². The van der Waals surface area contributed by atoms with E-state index < -0.39 is 143 Å². The minimum atomic E-state index is -2.36. The van der Waals surface area contributed by atoms with Crippen molar-refractivity contribution in [3.8, 4) is 0 Å². The van der Waals surface area contributed by atoms with Gasteiger partial charge in [-0.2, -0.15) is 0 Å². The number of nitrogens with one attached hydrogen (secondary N) is 3. The van der Waals surface area contributed by atoms with Gasteiger partial charge in [0.05, 0.1) is 36.0 Å². The van der Waals surface area contributed by atoms with E-state index in [9.17, 15) is 33.9 Å². The number of fused-ring (bicyclic) bond motifs is 10. The molecule has 2 aromatic rings. The number of carbonyl (C=O) groups is 8. The fraction of sp³-hybridized carbons (Fsp3) is 0.696. The van der Waals surface area contributed by atoms with E-state index in [1.165, 1.54) is 83.8 Å². The average molecular weight is 1390 g/mol. The number of carbonyl (C=O) groups excluding carboxylic acids is 8. The molecule has 19 unspecified atom stereocenters. The molecule has 1 saturated heterocycles.